The summed E-state index contributed by atoms with van der Waals surface area (Å²) in [7, 11) is 3.59. The number of carbonyl (C=O) groups excluding carboxylic acids is 1. The number of anilines is 1. The molecule has 1 aliphatic rings. The van der Waals surface area contributed by atoms with Gasteiger partial charge in [0, 0.05) is 18.5 Å². The molecule has 2 aromatic carbocycles. The molecule has 0 bridgehead atoms. The molecule has 0 saturated heterocycles. The average Bonchev–Trinajstić information content (AvgIpc) is 2.97. The van der Waals surface area contributed by atoms with E-state index in [1.807, 2.05) is 41.9 Å². The Balaban J connectivity index is 1.52. The normalized spacial score (nSPS) is 16.2. The van der Waals surface area contributed by atoms with Gasteiger partial charge in [0.05, 0.1) is 18.7 Å². The molecule has 134 valence electrons. The number of hydrogen-bond donors (Lipinski definition) is 2. The van der Waals surface area contributed by atoms with E-state index in [0.29, 0.717) is 0 Å². The fraction of sp³-hybridized carbons (Fsp3) is 0.286. The number of benzene rings is 2. The van der Waals surface area contributed by atoms with Crippen molar-refractivity contribution in [3.63, 3.8) is 0 Å². The van der Waals surface area contributed by atoms with Crippen LogP contribution in [0.4, 0.5) is 10.6 Å². The SMILES string of the molecule is COc1ccc2cc(NC(=O)N[C@H]3CCCc4ccccc43)n(C)c2c1. The first-order valence-electron chi connectivity index (χ1n) is 8.94. The second-order valence-electron chi connectivity index (χ2n) is 6.76. The van der Waals surface area contributed by atoms with Crippen LogP contribution in [-0.2, 0) is 13.5 Å². The summed E-state index contributed by atoms with van der Waals surface area (Å²) in [6, 6.07) is 16.1. The molecule has 1 aliphatic carbocycles. The molecule has 5 heteroatoms. The van der Waals surface area contributed by atoms with Gasteiger partial charge in [-0.2, -0.15) is 0 Å². The Kier molecular flexibility index (Phi) is 4.29. The maximum atomic E-state index is 12.6. The molecule has 1 heterocycles. The van der Waals surface area contributed by atoms with Gasteiger partial charge in [0.1, 0.15) is 11.6 Å². The van der Waals surface area contributed by atoms with E-state index in [1.54, 1.807) is 7.11 Å². The molecule has 0 spiro atoms. The number of hydrogen-bond acceptors (Lipinski definition) is 2. The highest BCUT2D eigenvalue weighted by Gasteiger charge is 2.21. The number of rotatable bonds is 3. The number of fused-ring (bicyclic) bond motifs is 2. The van der Waals surface area contributed by atoms with Crippen LogP contribution in [-0.4, -0.2) is 17.7 Å². The van der Waals surface area contributed by atoms with Gasteiger partial charge < -0.3 is 14.6 Å². The van der Waals surface area contributed by atoms with Gasteiger partial charge in [-0.3, -0.25) is 5.32 Å². The summed E-state index contributed by atoms with van der Waals surface area (Å²) in [5.74, 6) is 1.56. The molecule has 26 heavy (non-hydrogen) atoms. The minimum absolute atomic E-state index is 0.0646. The van der Waals surface area contributed by atoms with Crippen LogP contribution in [0.1, 0.15) is 30.0 Å². The number of urea groups is 1. The molecule has 1 aromatic heterocycles. The van der Waals surface area contributed by atoms with E-state index in [0.717, 1.165) is 41.7 Å². The van der Waals surface area contributed by atoms with Crippen molar-refractivity contribution in [3.8, 4) is 5.75 Å². The van der Waals surface area contributed by atoms with Crippen molar-refractivity contribution in [3.05, 3.63) is 59.7 Å². The second-order valence-corrected chi connectivity index (χ2v) is 6.76. The van der Waals surface area contributed by atoms with E-state index in [2.05, 4.69) is 28.8 Å². The predicted molar refractivity (Wildman–Crippen MR) is 104 cm³/mol. The molecule has 3 aromatic rings. The number of aryl methyl sites for hydroxylation is 2. The van der Waals surface area contributed by atoms with Crippen molar-refractivity contribution in [1.82, 2.24) is 9.88 Å². The maximum absolute atomic E-state index is 12.6. The number of ether oxygens (including phenoxy) is 1. The van der Waals surface area contributed by atoms with E-state index in [-0.39, 0.29) is 12.1 Å². The van der Waals surface area contributed by atoms with Gasteiger partial charge in [0.25, 0.3) is 0 Å². The highest BCUT2D eigenvalue weighted by Crippen LogP contribution is 2.30. The molecular formula is C21H23N3O2. The summed E-state index contributed by atoms with van der Waals surface area (Å²) in [4.78, 5) is 12.6. The van der Waals surface area contributed by atoms with Crippen LogP contribution < -0.4 is 15.4 Å². The summed E-state index contributed by atoms with van der Waals surface area (Å²) in [6.45, 7) is 0. The van der Waals surface area contributed by atoms with Crippen LogP contribution in [0.15, 0.2) is 48.5 Å². The van der Waals surface area contributed by atoms with Crippen molar-refractivity contribution in [2.45, 2.75) is 25.3 Å². The van der Waals surface area contributed by atoms with Gasteiger partial charge in [-0.15, -0.1) is 0 Å². The maximum Gasteiger partial charge on any atom is 0.320 e. The molecule has 2 N–H and O–H groups in total. The number of methoxy groups -OCH3 is 1. The van der Waals surface area contributed by atoms with Crippen molar-refractivity contribution in [2.75, 3.05) is 12.4 Å². The van der Waals surface area contributed by atoms with Gasteiger partial charge in [0.15, 0.2) is 0 Å². The second kappa shape index (κ2) is 6.75. The van der Waals surface area contributed by atoms with Crippen molar-refractivity contribution >= 4 is 22.8 Å². The topological polar surface area (TPSA) is 55.3 Å². The van der Waals surface area contributed by atoms with Gasteiger partial charge in [0.2, 0.25) is 0 Å². The summed E-state index contributed by atoms with van der Waals surface area (Å²) >= 11 is 0. The third kappa shape index (κ3) is 3.01. The Morgan fingerprint density at radius 2 is 2.04 bits per heavy atom. The fourth-order valence-electron chi connectivity index (χ4n) is 3.77. The first-order chi connectivity index (χ1) is 12.7. The molecule has 4 rings (SSSR count). The van der Waals surface area contributed by atoms with E-state index in [1.165, 1.54) is 11.1 Å². The number of amides is 2. The lowest BCUT2D eigenvalue weighted by molar-refractivity contribution is 0.247. The lowest BCUT2D eigenvalue weighted by Gasteiger charge is -2.26. The zero-order valence-corrected chi connectivity index (χ0v) is 15.1. The first kappa shape index (κ1) is 16.5. The molecule has 0 radical (unpaired) electrons. The number of nitrogens with zero attached hydrogens (tertiary/aromatic N) is 1. The number of aromatic nitrogens is 1. The quantitative estimate of drug-likeness (QED) is 0.737. The number of nitrogens with one attached hydrogen (secondary N) is 2. The van der Waals surface area contributed by atoms with Gasteiger partial charge in [-0.25, -0.2) is 4.79 Å². The smallest absolute Gasteiger partial charge is 0.320 e. The Morgan fingerprint density at radius 1 is 1.19 bits per heavy atom. The molecule has 2 amide bonds. The lowest BCUT2D eigenvalue weighted by Crippen LogP contribution is -2.34. The third-order valence-corrected chi connectivity index (χ3v) is 5.17. The number of carbonyl (C=O) groups is 1. The largest absolute Gasteiger partial charge is 0.497 e. The molecule has 1 atom stereocenters. The summed E-state index contributed by atoms with van der Waals surface area (Å²) in [5.41, 5.74) is 3.58. The molecule has 0 aliphatic heterocycles. The third-order valence-electron chi connectivity index (χ3n) is 5.17. The van der Waals surface area contributed by atoms with Gasteiger partial charge >= 0.3 is 6.03 Å². The first-order valence-corrected chi connectivity index (χ1v) is 8.94. The standard InChI is InChI=1S/C21H23N3O2/c1-24-19-13-16(26-2)11-10-15(19)12-20(24)23-21(25)22-18-9-5-7-14-6-3-4-8-17(14)18/h3-4,6,8,10-13,18H,5,7,9H2,1-2H3,(H2,22,23,25)/t18-/m0/s1. The van der Waals surface area contributed by atoms with E-state index < -0.39 is 0 Å². The Morgan fingerprint density at radius 3 is 2.88 bits per heavy atom. The summed E-state index contributed by atoms with van der Waals surface area (Å²) in [5, 5.41) is 7.18. The van der Waals surface area contributed by atoms with Gasteiger partial charge in [-0.05, 0) is 48.6 Å². The van der Waals surface area contributed by atoms with Crippen molar-refractivity contribution < 1.29 is 9.53 Å². The predicted octanol–water partition coefficient (Wildman–Crippen LogP) is 4.39. The van der Waals surface area contributed by atoms with Crippen molar-refractivity contribution in [1.29, 1.82) is 0 Å². The minimum atomic E-state index is -0.176. The highest BCUT2D eigenvalue weighted by molar-refractivity contribution is 5.94. The summed E-state index contributed by atoms with van der Waals surface area (Å²) in [6.07, 6.45) is 3.15. The molecule has 0 saturated carbocycles. The fourth-order valence-corrected chi connectivity index (χ4v) is 3.77. The van der Waals surface area contributed by atoms with Crippen molar-refractivity contribution in [2.24, 2.45) is 7.05 Å². The Labute approximate surface area is 153 Å². The van der Waals surface area contributed by atoms with E-state index in [4.69, 9.17) is 4.74 Å². The van der Waals surface area contributed by atoms with Gasteiger partial charge in [-0.1, -0.05) is 24.3 Å². The Hall–Kier alpha value is -2.95. The van der Waals surface area contributed by atoms with Crippen LogP contribution in [0, 0.1) is 0 Å². The molecule has 0 fully saturated rings. The lowest BCUT2D eigenvalue weighted by atomic mass is 9.88. The average molecular weight is 349 g/mol. The van der Waals surface area contributed by atoms with E-state index in [9.17, 15) is 4.79 Å². The molecular weight excluding hydrogens is 326 g/mol. The monoisotopic (exact) mass is 349 g/mol. The van der Waals surface area contributed by atoms with Crippen LogP contribution in [0.25, 0.3) is 10.9 Å². The zero-order valence-electron chi connectivity index (χ0n) is 15.1. The minimum Gasteiger partial charge on any atom is -0.497 e. The molecule has 5 nitrogen and oxygen atoms in total. The summed E-state index contributed by atoms with van der Waals surface area (Å²) < 4.78 is 7.25. The highest BCUT2D eigenvalue weighted by atomic mass is 16.5. The van der Waals surface area contributed by atoms with Crippen LogP contribution in [0.3, 0.4) is 0 Å². The van der Waals surface area contributed by atoms with Crippen LogP contribution in [0.2, 0.25) is 0 Å². The van der Waals surface area contributed by atoms with Crippen LogP contribution in [0.5, 0.6) is 5.75 Å². The Bertz CT molecular complexity index is 961. The van der Waals surface area contributed by atoms with E-state index >= 15 is 0 Å². The molecule has 0 unspecified atom stereocenters. The zero-order chi connectivity index (χ0) is 18.1. The van der Waals surface area contributed by atoms with Crippen LogP contribution >= 0.6 is 0 Å².